The lowest BCUT2D eigenvalue weighted by Crippen LogP contribution is -2.37. The van der Waals surface area contributed by atoms with Crippen LogP contribution in [0.3, 0.4) is 0 Å². The number of nitrogens with zero attached hydrogens (tertiary/aromatic N) is 3. The first-order valence-corrected chi connectivity index (χ1v) is 11.5. The van der Waals surface area contributed by atoms with Gasteiger partial charge in [0.2, 0.25) is 0 Å². The minimum atomic E-state index is -1.08. The minimum absolute atomic E-state index is 0.0361. The smallest absolute Gasteiger partial charge is 0.407 e. The van der Waals surface area contributed by atoms with Crippen molar-refractivity contribution in [3.05, 3.63) is 77.1 Å². The summed E-state index contributed by atoms with van der Waals surface area (Å²) in [6.45, 7) is 2.08. The topological polar surface area (TPSA) is 114 Å². The number of aromatic nitrogens is 2. The Morgan fingerprint density at radius 1 is 1.09 bits per heavy atom. The number of alkyl carbamates (subject to hydrolysis) is 1. The highest BCUT2D eigenvalue weighted by molar-refractivity contribution is 5.94. The monoisotopic (exact) mass is 476 g/mol. The fraction of sp³-hybridized carbons (Fsp3) is 0.308. The third-order valence-corrected chi connectivity index (χ3v) is 6.01. The molecule has 35 heavy (non-hydrogen) atoms. The molecule has 9 nitrogen and oxygen atoms in total. The van der Waals surface area contributed by atoms with Gasteiger partial charge in [0.15, 0.2) is 0 Å². The Morgan fingerprint density at radius 2 is 1.71 bits per heavy atom. The van der Waals surface area contributed by atoms with Gasteiger partial charge in [-0.05, 0) is 34.7 Å². The molecule has 0 radical (unpaired) electrons. The maximum Gasteiger partial charge on any atom is 0.407 e. The summed E-state index contributed by atoms with van der Waals surface area (Å²) in [6, 6.07) is 17.8. The van der Waals surface area contributed by atoms with Crippen molar-refractivity contribution in [3.63, 3.8) is 0 Å². The first-order chi connectivity index (χ1) is 16.9. The quantitative estimate of drug-likeness (QED) is 0.489. The van der Waals surface area contributed by atoms with Crippen LogP contribution < -0.4 is 5.32 Å². The van der Waals surface area contributed by atoms with Gasteiger partial charge in [0.1, 0.15) is 18.8 Å². The maximum atomic E-state index is 12.8. The third-order valence-electron chi connectivity index (χ3n) is 6.01. The predicted octanol–water partition coefficient (Wildman–Crippen LogP) is 3.40. The minimum Gasteiger partial charge on any atom is -0.480 e. The Kier molecular flexibility index (Phi) is 7.14. The van der Waals surface area contributed by atoms with Crippen molar-refractivity contribution in [2.75, 3.05) is 19.7 Å². The predicted molar refractivity (Wildman–Crippen MR) is 129 cm³/mol. The van der Waals surface area contributed by atoms with Crippen molar-refractivity contribution in [3.8, 4) is 11.1 Å². The fourth-order valence-corrected chi connectivity index (χ4v) is 4.47. The number of nitrogens with one attached hydrogen (secondary N) is 1. The molecule has 0 bridgehead atoms. The van der Waals surface area contributed by atoms with Gasteiger partial charge in [0.05, 0.1) is 12.2 Å². The second kappa shape index (κ2) is 10.4. The number of aryl methyl sites for hydroxylation is 1. The second-order valence-corrected chi connectivity index (χ2v) is 8.44. The van der Waals surface area contributed by atoms with Crippen LogP contribution in [0, 0.1) is 0 Å². The van der Waals surface area contributed by atoms with E-state index in [4.69, 9.17) is 9.84 Å². The molecule has 1 heterocycles. The summed E-state index contributed by atoms with van der Waals surface area (Å²) in [5, 5.41) is 16.0. The van der Waals surface area contributed by atoms with E-state index in [0.29, 0.717) is 18.7 Å². The SMILES string of the molecule is CCCN(CC(=O)O)C(=O)c1cc(CNC(=O)OCC2c3ccccc3-c3ccccc32)nn1C. The van der Waals surface area contributed by atoms with E-state index in [1.165, 1.54) is 9.58 Å². The zero-order chi connectivity index (χ0) is 24.9. The van der Waals surface area contributed by atoms with Crippen LogP contribution in [-0.2, 0) is 23.1 Å². The summed E-state index contributed by atoms with van der Waals surface area (Å²) in [6.07, 6.45) is 0.0523. The second-order valence-electron chi connectivity index (χ2n) is 8.44. The standard InChI is InChI=1S/C26H28N4O5/c1-3-12-30(15-24(31)32)25(33)23-13-17(28-29(23)2)14-27-26(34)35-16-22-20-10-6-4-8-18(20)19-9-5-7-11-21(19)22/h4-11,13,22H,3,12,14-16H2,1-2H3,(H,27,34)(H,31,32). The number of carboxylic acids is 1. The average Bonchev–Trinajstić information content (AvgIpc) is 3.38. The Bertz CT molecular complexity index is 1210. The normalized spacial score (nSPS) is 12.1. The Balaban J connectivity index is 1.36. The largest absolute Gasteiger partial charge is 0.480 e. The van der Waals surface area contributed by atoms with Gasteiger partial charge in [0, 0.05) is 19.5 Å². The maximum absolute atomic E-state index is 12.8. The Morgan fingerprint density at radius 3 is 2.31 bits per heavy atom. The number of hydrogen-bond acceptors (Lipinski definition) is 5. The lowest BCUT2D eigenvalue weighted by Gasteiger charge is -2.19. The molecular weight excluding hydrogens is 448 g/mol. The summed E-state index contributed by atoms with van der Waals surface area (Å²) in [7, 11) is 1.61. The van der Waals surface area contributed by atoms with Crippen molar-refractivity contribution in [2.24, 2.45) is 7.05 Å². The molecule has 4 rings (SSSR count). The molecule has 0 fully saturated rings. The van der Waals surface area contributed by atoms with E-state index in [1.807, 2.05) is 31.2 Å². The number of hydrogen-bond donors (Lipinski definition) is 2. The van der Waals surface area contributed by atoms with E-state index in [0.717, 1.165) is 22.3 Å². The molecule has 2 N–H and O–H groups in total. The average molecular weight is 477 g/mol. The molecule has 1 aromatic heterocycles. The molecule has 3 aromatic rings. The zero-order valence-electron chi connectivity index (χ0n) is 19.7. The highest BCUT2D eigenvalue weighted by Crippen LogP contribution is 2.44. The molecule has 1 aliphatic rings. The molecule has 2 aromatic carbocycles. The molecule has 1 aliphatic carbocycles. The number of rotatable bonds is 9. The highest BCUT2D eigenvalue weighted by Gasteiger charge is 2.29. The van der Waals surface area contributed by atoms with Crippen LogP contribution in [-0.4, -0.2) is 57.5 Å². The molecule has 0 saturated carbocycles. The molecule has 182 valence electrons. The van der Waals surface area contributed by atoms with Crippen LogP contribution in [0.4, 0.5) is 4.79 Å². The number of ether oxygens (including phenoxy) is 1. The molecule has 0 spiro atoms. The van der Waals surface area contributed by atoms with Gasteiger partial charge >= 0.3 is 12.1 Å². The van der Waals surface area contributed by atoms with Crippen LogP contribution in [0.2, 0.25) is 0 Å². The van der Waals surface area contributed by atoms with Crippen molar-refractivity contribution in [2.45, 2.75) is 25.8 Å². The van der Waals surface area contributed by atoms with Crippen LogP contribution in [0.25, 0.3) is 11.1 Å². The summed E-state index contributed by atoms with van der Waals surface area (Å²) in [5.74, 6) is -1.53. The van der Waals surface area contributed by atoms with E-state index < -0.39 is 18.0 Å². The van der Waals surface area contributed by atoms with E-state index in [9.17, 15) is 14.4 Å². The highest BCUT2D eigenvalue weighted by atomic mass is 16.5. The summed E-state index contributed by atoms with van der Waals surface area (Å²) < 4.78 is 6.93. The summed E-state index contributed by atoms with van der Waals surface area (Å²) in [4.78, 5) is 37.6. The molecular formula is C26H28N4O5. The molecule has 0 aliphatic heterocycles. The van der Waals surface area contributed by atoms with E-state index in [2.05, 4.69) is 34.7 Å². The summed E-state index contributed by atoms with van der Waals surface area (Å²) >= 11 is 0. The first kappa shape index (κ1) is 24.0. The molecule has 9 heteroatoms. The molecule has 0 saturated heterocycles. The van der Waals surface area contributed by atoms with Crippen molar-refractivity contribution in [1.82, 2.24) is 20.0 Å². The molecule has 0 unspecified atom stereocenters. The van der Waals surface area contributed by atoms with Gasteiger partial charge in [-0.3, -0.25) is 14.3 Å². The van der Waals surface area contributed by atoms with Gasteiger partial charge in [-0.2, -0.15) is 5.10 Å². The number of carbonyl (C=O) groups excluding carboxylic acids is 2. The van der Waals surface area contributed by atoms with Gasteiger partial charge in [-0.1, -0.05) is 55.5 Å². The van der Waals surface area contributed by atoms with Gasteiger partial charge < -0.3 is 20.1 Å². The number of fused-ring (bicyclic) bond motifs is 3. The van der Waals surface area contributed by atoms with Crippen LogP contribution >= 0.6 is 0 Å². The van der Waals surface area contributed by atoms with Crippen LogP contribution in [0.5, 0.6) is 0 Å². The van der Waals surface area contributed by atoms with Crippen molar-refractivity contribution >= 4 is 18.0 Å². The van der Waals surface area contributed by atoms with Gasteiger partial charge in [0.25, 0.3) is 5.91 Å². The molecule has 0 atom stereocenters. The van der Waals surface area contributed by atoms with Crippen molar-refractivity contribution in [1.29, 1.82) is 0 Å². The first-order valence-electron chi connectivity index (χ1n) is 11.5. The summed E-state index contributed by atoms with van der Waals surface area (Å²) in [5.41, 5.74) is 5.30. The molecule has 2 amide bonds. The van der Waals surface area contributed by atoms with Crippen LogP contribution in [0.1, 0.15) is 46.6 Å². The van der Waals surface area contributed by atoms with Crippen LogP contribution in [0.15, 0.2) is 54.6 Å². The number of carbonyl (C=O) groups is 3. The number of benzene rings is 2. The number of amides is 2. The Labute approximate surface area is 203 Å². The van der Waals surface area contributed by atoms with E-state index >= 15 is 0 Å². The lowest BCUT2D eigenvalue weighted by atomic mass is 9.98. The van der Waals surface area contributed by atoms with Gasteiger partial charge in [-0.25, -0.2) is 4.79 Å². The number of carboxylic acid groups (broad SMARTS) is 1. The fourth-order valence-electron chi connectivity index (χ4n) is 4.47. The zero-order valence-corrected chi connectivity index (χ0v) is 19.7. The van der Waals surface area contributed by atoms with E-state index in [-0.39, 0.29) is 31.3 Å². The van der Waals surface area contributed by atoms with Crippen molar-refractivity contribution < 1.29 is 24.2 Å². The Hall–Kier alpha value is -4.14. The number of aliphatic carboxylic acids is 1. The van der Waals surface area contributed by atoms with Gasteiger partial charge in [-0.15, -0.1) is 0 Å². The third kappa shape index (κ3) is 5.18. The van der Waals surface area contributed by atoms with E-state index in [1.54, 1.807) is 13.1 Å². The lowest BCUT2D eigenvalue weighted by molar-refractivity contribution is -0.137.